The summed E-state index contributed by atoms with van der Waals surface area (Å²) >= 11 is 3.99. The highest BCUT2D eigenvalue weighted by Crippen LogP contribution is 2.41. The molecule has 0 aliphatic rings. The van der Waals surface area contributed by atoms with Gasteiger partial charge in [-0.2, -0.15) is 144 Å². The molecule has 0 unspecified atom stereocenters. The van der Waals surface area contributed by atoms with Gasteiger partial charge in [-0.15, -0.1) is 0 Å². The first-order valence-electron chi connectivity index (χ1n) is 20.5. The zero-order valence-electron chi connectivity index (χ0n) is 36.9. The van der Waals surface area contributed by atoms with E-state index in [0.29, 0.717) is 11.3 Å². The second kappa shape index (κ2) is 21.0. The first kappa shape index (κ1) is 60.2. The zero-order chi connectivity index (χ0) is 57.6. The fourth-order valence-corrected chi connectivity index (χ4v) is 8.05. The summed E-state index contributed by atoms with van der Waals surface area (Å²) in [5.41, 5.74) is -29.1. The zero-order valence-corrected chi connectivity index (χ0v) is 37.8. The molecule has 6 rings (SSSR count). The van der Waals surface area contributed by atoms with E-state index < -0.39 is 195 Å². The smallest absolute Gasteiger partial charge is 0.287 e. The third-order valence-corrected chi connectivity index (χ3v) is 11.5. The molecule has 0 saturated carbocycles. The number of Topliss-reactive ketones (excluding diaryl/α,β-unsaturated/α-hetero) is 2. The van der Waals surface area contributed by atoms with Gasteiger partial charge in [0.05, 0.1) is 50.3 Å². The van der Waals surface area contributed by atoms with E-state index in [0.717, 1.165) is 0 Å². The van der Waals surface area contributed by atoms with Crippen molar-refractivity contribution in [3.63, 3.8) is 0 Å². The summed E-state index contributed by atoms with van der Waals surface area (Å²) in [6.45, 7) is 0.152. The first-order valence-corrected chi connectivity index (χ1v) is 21.2. The number of ketones is 2. The Kier molecular flexibility index (Phi) is 16.7. The van der Waals surface area contributed by atoms with E-state index in [4.69, 9.17) is 0 Å². The largest absolute Gasteiger partial charge is 0.416 e. The van der Waals surface area contributed by atoms with Crippen LogP contribution in [0.25, 0.3) is 0 Å². The van der Waals surface area contributed by atoms with Crippen LogP contribution in [0.2, 0.25) is 0 Å². The number of halogens is 24. The molecule has 0 radical (unpaired) electrons. The van der Waals surface area contributed by atoms with Gasteiger partial charge in [-0.05, 0) is 30.3 Å². The quantitative estimate of drug-likeness (QED) is 0.0515. The van der Waals surface area contributed by atoms with Gasteiger partial charge in [0, 0.05) is 17.7 Å². The van der Waals surface area contributed by atoms with Gasteiger partial charge in [-0.1, -0.05) is 78.9 Å². The summed E-state index contributed by atoms with van der Waals surface area (Å²) in [5.74, 6) is 0.0126. The second-order valence-electron chi connectivity index (χ2n) is 16.3. The number of pyridine rings is 1. The van der Waals surface area contributed by atoms with Gasteiger partial charge in [0.2, 0.25) is 23.8 Å². The Bertz CT molecular complexity index is 2660. The molecule has 6 aromatic rings. The maximum absolute atomic E-state index is 14.2. The Morgan fingerprint density at radius 2 is 0.605 bits per heavy atom. The van der Waals surface area contributed by atoms with Crippen molar-refractivity contribution >= 4 is 52.2 Å². The van der Waals surface area contributed by atoms with Crippen molar-refractivity contribution in [2.24, 2.45) is 0 Å². The van der Waals surface area contributed by atoms with Gasteiger partial charge in [0.25, 0.3) is 0 Å². The maximum Gasteiger partial charge on any atom is 0.416 e. The Hall–Kier alpha value is -6.68. The van der Waals surface area contributed by atoms with Crippen molar-refractivity contribution in [2.45, 2.75) is 56.0 Å². The van der Waals surface area contributed by atoms with Crippen molar-refractivity contribution in [2.75, 3.05) is 5.75 Å². The molecule has 0 aliphatic heterocycles. The van der Waals surface area contributed by atoms with E-state index >= 15 is 0 Å². The van der Waals surface area contributed by atoms with Crippen LogP contribution in [0.5, 0.6) is 0 Å². The molecule has 1 aromatic heterocycles. The third-order valence-electron chi connectivity index (χ3n) is 11.2. The fraction of sp³-hybridized carbons (Fsp3) is 0.213. The summed E-state index contributed by atoms with van der Waals surface area (Å²) < 4.78 is 342. The van der Waals surface area contributed by atoms with Crippen molar-refractivity contribution in [1.82, 2.24) is 0 Å². The van der Waals surface area contributed by atoms with E-state index in [-0.39, 0.29) is 23.9 Å². The number of thiol groups is 1. The number of hydrogen-bond donors (Lipinski definition) is 1. The van der Waals surface area contributed by atoms with E-state index in [2.05, 4.69) is 12.6 Å². The van der Waals surface area contributed by atoms with Gasteiger partial charge < -0.3 is 0 Å². The van der Waals surface area contributed by atoms with Crippen LogP contribution >= 0.6 is 12.6 Å². The average Bonchev–Trinajstić information content (AvgIpc) is 3.29. The molecule has 0 saturated heterocycles. The maximum atomic E-state index is 14.2. The van der Waals surface area contributed by atoms with Crippen LogP contribution in [0.15, 0.2) is 128 Å². The van der Waals surface area contributed by atoms with E-state index in [1.54, 1.807) is 41.1 Å². The lowest BCUT2D eigenvalue weighted by molar-refractivity contribution is -0.685. The fourth-order valence-electron chi connectivity index (χ4n) is 7.89. The summed E-state index contributed by atoms with van der Waals surface area (Å²) in [6.07, 6.45) is -53.1. The highest BCUT2D eigenvalue weighted by atomic mass is 32.1. The number of carbonyl (C=O) groups excluding carboxylic acids is 2. The Morgan fingerprint density at radius 3 is 0.842 bits per heavy atom. The molecular formula is C47H26BF24NO2S. The highest BCUT2D eigenvalue weighted by Gasteiger charge is 2.47. The lowest BCUT2D eigenvalue weighted by atomic mass is 9.12. The molecule has 0 spiro atoms. The van der Waals surface area contributed by atoms with Crippen LogP contribution in [0.4, 0.5) is 105 Å². The predicted molar refractivity (Wildman–Crippen MR) is 226 cm³/mol. The van der Waals surface area contributed by atoms with E-state index in [1.807, 2.05) is 18.2 Å². The molecule has 29 heteroatoms. The molecule has 3 nitrogen and oxygen atoms in total. The van der Waals surface area contributed by atoms with E-state index in [1.165, 1.54) is 0 Å². The molecule has 0 amide bonds. The van der Waals surface area contributed by atoms with Crippen LogP contribution < -0.4 is 26.4 Å². The number of nitrogens with zero attached hydrogens (tertiary/aromatic N) is 1. The van der Waals surface area contributed by atoms with Crippen molar-refractivity contribution < 1.29 is 120 Å². The van der Waals surface area contributed by atoms with Gasteiger partial charge in [0.1, 0.15) is 6.15 Å². The number of carbonyl (C=O) groups is 2. The van der Waals surface area contributed by atoms with Crippen LogP contribution in [0.3, 0.4) is 0 Å². The molecule has 0 bridgehead atoms. The topological polar surface area (TPSA) is 38.0 Å². The molecule has 5 aromatic carbocycles. The lowest BCUT2D eigenvalue weighted by Gasteiger charge is -2.46. The molecule has 1 heterocycles. The van der Waals surface area contributed by atoms with Gasteiger partial charge in [0.15, 0.2) is 6.20 Å². The van der Waals surface area contributed by atoms with Crippen LogP contribution in [-0.4, -0.2) is 23.5 Å². The van der Waals surface area contributed by atoms with Gasteiger partial charge >= 0.3 is 49.4 Å². The summed E-state index contributed by atoms with van der Waals surface area (Å²) in [4.78, 5) is 23.9. The van der Waals surface area contributed by atoms with Gasteiger partial charge in [-0.25, -0.2) is 0 Å². The number of benzene rings is 5. The Balaban J connectivity index is 0.000000468. The molecule has 0 aliphatic carbocycles. The summed E-state index contributed by atoms with van der Waals surface area (Å²) in [6, 6.07) is 5.52. The predicted octanol–water partition coefficient (Wildman–Crippen LogP) is 13.2. The second-order valence-corrected chi connectivity index (χ2v) is 16.6. The number of alkyl halides is 24. The van der Waals surface area contributed by atoms with Crippen LogP contribution in [0.1, 0.15) is 65.4 Å². The minimum atomic E-state index is -6.13. The Morgan fingerprint density at radius 1 is 0.355 bits per heavy atom. The van der Waals surface area contributed by atoms with Gasteiger partial charge in [-0.3, -0.25) is 9.59 Å². The SMILES string of the molecule is FC(F)(F)c1cc([B-](c2cc(C(F)(F)F)cc(C(F)(F)F)c2)(c2cc(C(F)(F)F)cc(C(F)(F)F)c2)c2cc(C(F)(F)F)cc(C(F)(F)F)c2)cc(C(F)(F)F)c1.O=C(C[n+]1ccccc1C(=O)CS)c1ccccc1. The minimum absolute atomic E-state index is 0.0231. The number of aromatic nitrogens is 1. The molecule has 76 heavy (non-hydrogen) atoms. The molecular weight excluding hydrogens is 1110 g/mol. The van der Waals surface area contributed by atoms with E-state index in [9.17, 15) is 115 Å². The average molecular weight is 1140 g/mol. The van der Waals surface area contributed by atoms with Crippen LogP contribution in [-0.2, 0) is 56.0 Å². The van der Waals surface area contributed by atoms with Crippen molar-refractivity contribution in [1.29, 1.82) is 0 Å². The number of rotatable bonds is 9. The molecule has 0 fully saturated rings. The third kappa shape index (κ3) is 13.8. The first-order chi connectivity index (χ1) is 34.5. The molecule has 408 valence electrons. The molecule has 0 atom stereocenters. The number of hydrogen-bond acceptors (Lipinski definition) is 3. The normalized spacial score (nSPS) is 13.3. The van der Waals surface area contributed by atoms with Crippen molar-refractivity contribution in [3.05, 3.63) is 183 Å². The summed E-state index contributed by atoms with van der Waals surface area (Å²) in [5, 5.41) is 0. The standard InChI is InChI=1S/C32H12BF24.C15H13NO2S/c34-25(35,36)13-1-14(26(37,38)39)6-21(5-13)33(22-7-15(27(40,41)42)2-16(8-22)28(43,44)45,23-9-17(29(46,47)48)3-18(10-23)30(49,50)51)24-11-19(31(52,53)54)4-20(12-24)32(55,56)57;17-14(12-6-2-1-3-7-12)10-16-9-5-4-8-13(16)15(18)11-19/h1-12H;1-9H,10-11H2/q-1;/p+1. The van der Waals surface area contributed by atoms with Crippen molar-refractivity contribution in [3.8, 4) is 0 Å². The molecule has 0 N–H and O–H groups in total. The summed E-state index contributed by atoms with van der Waals surface area (Å²) in [7, 11) is 0. The minimum Gasteiger partial charge on any atom is -0.287 e. The Labute approximate surface area is 416 Å². The highest BCUT2D eigenvalue weighted by molar-refractivity contribution is 7.81. The lowest BCUT2D eigenvalue weighted by Crippen LogP contribution is -2.75. The van der Waals surface area contributed by atoms with Crippen LogP contribution in [0, 0.1) is 0 Å². The monoisotopic (exact) mass is 1140 g/mol.